The molecule has 0 fully saturated rings. The van der Waals surface area contributed by atoms with Gasteiger partial charge < -0.3 is 0 Å². The van der Waals surface area contributed by atoms with Crippen molar-refractivity contribution < 1.29 is 0 Å². The lowest BCUT2D eigenvalue weighted by Crippen LogP contribution is -2.08. The van der Waals surface area contributed by atoms with Crippen molar-refractivity contribution in [3.05, 3.63) is 22.8 Å². The largest absolute Gasteiger partial charge is 0.0841 e. The summed E-state index contributed by atoms with van der Waals surface area (Å²) in [6.45, 7) is 2.44. The van der Waals surface area contributed by atoms with E-state index in [9.17, 15) is 0 Å². The van der Waals surface area contributed by atoms with Gasteiger partial charge in [0.05, 0.1) is 0 Å². The van der Waals surface area contributed by atoms with Crippen molar-refractivity contribution in [2.75, 3.05) is 0 Å². The van der Waals surface area contributed by atoms with Crippen LogP contribution in [0.3, 0.4) is 0 Å². The van der Waals surface area contributed by atoms with Crippen LogP contribution in [0.2, 0.25) is 0 Å². The van der Waals surface area contributed by atoms with Crippen molar-refractivity contribution in [2.45, 2.75) is 51.9 Å². The van der Waals surface area contributed by atoms with E-state index in [0.717, 1.165) is 11.8 Å². The van der Waals surface area contributed by atoms with Gasteiger partial charge in [0.1, 0.15) is 0 Å². The minimum absolute atomic E-state index is 0.815. The third-order valence-corrected chi connectivity index (χ3v) is 4.48. The molecule has 0 aromatic carbocycles. The highest BCUT2D eigenvalue weighted by atomic mass is 14.4. The topological polar surface area (TPSA) is 0 Å². The quantitative estimate of drug-likeness (QED) is 0.499. The van der Waals surface area contributed by atoms with E-state index in [1.165, 1.54) is 44.9 Å². The maximum absolute atomic E-state index is 2.55. The molecule has 3 aliphatic carbocycles. The first kappa shape index (κ1) is 8.76. The Hall–Kier alpha value is -0.520. The molecule has 0 aliphatic heterocycles. The van der Waals surface area contributed by atoms with Crippen molar-refractivity contribution in [1.29, 1.82) is 0 Å². The summed E-state index contributed by atoms with van der Waals surface area (Å²) in [5, 5.41) is 0. The Kier molecular flexibility index (Phi) is 2.04. The standard InChI is InChI=1S/C14H20/c1-10-11-6-2-4-8-13(11)14-9-5-3-7-12(10)14/h6,10,13H,2-5,7-9H2,1H3. The molecule has 0 saturated heterocycles. The summed E-state index contributed by atoms with van der Waals surface area (Å²) in [4.78, 5) is 0. The number of hydrogen-bond acceptors (Lipinski definition) is 0. The minimum Gasteiger partial charge on any atom is -0.0841 e. The summed E-state index contributed by atoms with van der Waals surface area (Å²) in [7, 11) is 0. The van der Waals surface area contributed by atoms with Crippen molar-refractivity contribution in [1.82, 2.24) is 0 Å². The van der Waals surface area contributed by atoms with Gasteiger partial charge in [0.2, 0.25) is 0 Å². The molecule has 0 aromatic rings. The van der Waals surface area contributed by atoms with Gasteiger partial charge in [-0.05, 0) is 50.9 Å². The van der Waals surface area contributed by atoms with Gasteiger partial charge in [-0.2, -0.15) is 0 Å². The molecule has 3 aliphatic rings. The van der Waals surface area contributed by atoms with Crippen molar-refractivity contribution in [3.63, 3.8) is 0 Å². The van der Waals surface area contributed by atoms with E-state index in [-0.39, 0.29) is 0 Å². The molecule has 0 spiro atoms. The van der Waals surface area contributed by atoms with Gasteiger partial charge in [0, 0.05) is 5.92 Å². The van der Waals surface area contributed by atoms with Crippen LogP contribution in [0.25, 0.3) is 0 Å². The van der Waals surface area contributed by atoms with Crippen LogP contribution in [0, 0.1) is 11.8 Å². The smallest absolute Gasteiger partial charge is 0.00158 e. The van der Waals surface area contributed by atoms with Crippen molar-refractivity contribution in [3.8, 4) is 0 Å². The Labute approximate surface area is 87.1 Å². The molecule has 3 rings (SSSR count). The molecule has 76 valence electrons. The Morgan fingerprint density at radius 2 is 1.86 bits per heavy atom. The van der Waals surface area contributed by atoms with Gasteiger partial charge in [-0.15, -0.1) is 0 Å². The average molecular weight is 188 g/mol. The number of hydrogen-bond donors (Lipinski definition) is 0. The lowest BCUT2D eigenvalue weighted by molar-refractivity contribution is 0.545. The highest BCUT2D eigenvalue weighted by molar-refractivity contribution is 5.42. The summed E-state index contributed by atoms with van der Waals surface area (Å²) >= 11 is 0. The Morgan fingerprint density at radius 1 is 1.07 bits per heavy atom. The predicted octanol–water partition coefficient (Wildman–Crippen LogP) is 4.23. The van der Waals surface area contributed by atoms with Gasteiger partial charge >= 0.3 is 0 Å². The van der Waals surface area contributed by atoms with Gasteiger partial charge in [-0.1, -0.05) is 29.7 Å². The Bertz CT molecular complexity index is 306. The molecule has 2 unspecified atom stereocenters. The molecule has 0 N–H and O–H groups in total. The van der Waals surface area contributed by atoms with Crippen LogP contribution in [-0.4, -0.2) is 0 Å². The van der Waals surface area contributed by atoms with Crippen LogP contribution in [0.1, 0.15) is 51.9 Å². The van der Waals surface area contributed by atoms with Gasteiger partial charge in [-0.3, -0.25) is 0 Å². The maximum atomic E-state index is 2.55. The average Bonchev–Trinajstić information content (AvgIpc) is 2.55. The molecule has 0 radical (unpaired) electrons. The molecule has 14 heavy (non-hydrogen) atoms. The molecular weight excluding hydrogens is 168 g/mol. The summed E-state index contributed by atoms with van der Waals surface area (Å²) in [6.07, 6.45) is 12.5. The van der Waals surface area contributed by atoms with Crippen molar-refractivity contribution >= 4 is 0 Å². The minimum atomic E-state index is 0.815. The second-order valence-corrected chi connectivity index (χ2v) is 5.17. The molecule has 0 aromatic heterocycles. The zero-order chi connectivity index (χ0) is 9.54. The van der Waals surface area contributed by atoms with E-state index in [1.54, 1.807) is 5.57 Å². The van der Waals surface area contributed by atoms with Crippen LogP contribution in [0.15, 0.2) is 22.8 Å². The Morgan fingerprint density at radius 3 is 2.71 bits per heavy atom. The molecule has 0 nitrogen and oxygen atoms in total. The molecular formula is C14H20. The zero-order valence-electron chi connectivity index (χ0n) is 9.18. The molecule has 0 heterocycles. The summed E-state index contributed by atoms with van der Waals surface area (Å²) in [5.74, 6) is 1.71. The second-order valence-electron chi connectivity index (χ2n) is 5.17. The fourth-order valence-corrected chi connectivity index (χ4v) is 3.80. The lowest BCUT2D eigenvalue weighted by atomic mass is 9.83. The molecule has 0 heteroatoms. The van der Waals surface area contributed by atoms with E-state index in [4.69, 9.17) is 0 Å². The summed E-state index contributed by atoms with van der Waals surface area (Å²) < 4.78 is 0. The monoisotopic (exact) mass is 188 g/mol. The van der Waals surface area contributed by atoms with Crippen LogP contribution in [0.4, 0.5) is 0 Å². The first-order chi connectivity index (χ1) is 6.88. The summed E-state index contributed by atoms with van der Waals surface area (Å²) in [6, 6.07) is 0. The number of rotatable bonds is 0. The number of fused-ring (bicyclic) bond motifs is 2. The molecule has 0 amide bonds. The molecule has 0 saturated carbocycles. The van der Waals surface area contributed by atoms with Gasteiger partial charge in [0.15, 0.2) is 0 Å². The SMILES string of the molecule is CC1C2=CCCCC2C2=C1CCCC2. The number of allylic oxidation sites excluding steroid dienone is 4. The van der Waals surface area contributed by atoms with Gasteiger partial charge in [-0.25, -0.2) is 0 Å². The van der Waals surface area contributed by atoms with E-state index >= 15 is 0 Å². The van der Waals surface area contributed by atoms with E-state index in [0.29, 0.717) is 0 Å². The van der Waals surface area contributed by atoms with E-state index in [2.05, 4.69) is 13.0 Å². The second kappa shape index (κ2) is 3.25. The van der Waals surface area contributed by atoms with Crippen LogP contribution in [-0.2, 0) is 0 Å². The van der Waals surface area contributed by atoms with Crippen LogP contribution >= 0.6 is 0 Å². The van der Waals surface area contributed by atoms with Crippen molar-refractivity contribution in [2.24, 2.45) is 11.8 Å². The molecule has 0 bridgehead atoms. The van der Waals surface area contributed by atoms with Crippen LogP contribution in [0.5, 0.6) is 0 Å². The normalized spacial score (nSPS) is 36.5. The fourth-order valence-electron chi connectivity index (χ4n) is 3.80. The van der Waals surface area contributed by atoms with E-state index < -0.39 is 0 Å². The van der Waals surface area contributed by atoms with Crippen LogP contribution < -0.4 is 0 Å². The van der Waals surface area contributed by atoms with E-state index in [1.807, 2.05) is 11.1 Å². The zero-order valence-corrected chi connectivity index (χ0v) is 9.18. The first-order valence-corrected chi connectivity index (χ1v) is 6.29. The third-order valence-electron chi connectivity index (χ3n) is 4.48. The maximum Gasteiger partial charge on any atom is 0.00158 e. The molecule has 2 atom stereocenters. The summed E-state index contributed by atoms with van der Waals surface area (Å²) in [5.41, 5.74) is 5.51. The highest BCUT2D eigenvalue weighted by Gasteiger charge is 2.36. The predicted molar refractivity (Wildman–Crippen MR) is 60.1 cm³/mol. The lowest BCUT2D eigenvalue weighted by Gasteiger charge is -2.22. The highest BCUT2D eigenvalue weighted by Crippen LogP contribution is 2.51. The fraction of sp³-hybridized carbons (Fsp3) is 0.714. The third kappa shape index (κ3) is 1.12. The van der Waals surface area contributed by atoms with Gasteiger partial charge in [0.25, 0.3) is 0 Å². The first-order valence-electron chi connectivity index (χ1n) is 6.29. The Balaban J connectivity index is 2.01.